The molecule has 0 amide bonds. The first kappa shape index (κ1) is 15.8. The number of hydrogen-bond donors (Lipinski definition) is 1. The molecule has 0 fully saturated rings. The van der Waals surface area contributed by atoms with Crippen LogP contribution >= 0.6 is 11.8 Å². The van der Waals surface area contributed by atoms with Gasteiger partial charge < -0.3 is 5.32 Å². The van der Waals surface area contributed by atoms with E-state index >= 15 is 0 Å². The van der Waals surface area contributed by atoms with E-state index < -0.39 is 0 Å². The van der Waals surface area contributed by atoms with Crippen LogP contribution in [0.1, 0.15) is 38.8 Å². The van der Waals surface area contributed by atoms with Crippen LogP contribution in [-0.4, -0.2) is 16.4 Å². The maximum absolute atomic E-state index is 10.7. The first-order valence-electron chi connectivity index (χ1n) is 6.33. The summed E-state index contributed by atoms with van der Waals surface area (Å²) in [6.07, 6.45) is 0. The second kappa shape index (κ2) is 7.37. The summed E-state index contributed by atoms with van der Waals surface area (Å²) < 4.78 is 0. The van der Waals surface area contributed by atoms with Gasteiger partial charge in [-0.3, -0.25) is 4.79 Å². The summed E-state index contributed by atoms with van der Waals surface area (Å²) in [5.74, 6) is 6.60. The van der Waals surface area contributed by atoms with Crippen molar-refractivity contribution in [3.8, 4) is 11.8 Å². The summed E-state index contributed by atoms with van der Waals surface area (Å²) in [6.45, 7) is 8.87. The van der Waals surface area contributed by atoms with Gasteiger partial charge in [0.1, 0.15) is 0 Å². The fourth-order valence-electron chi connectivity index (χ4n) is 1.35. The predicted molar refractivity (Wildman–Crippen MR) is 83.1 cm³/mol. The van der Waals surface area contributed by atoms with Gasteiger partial charge >= 0.3 is 0 Å². The smallest absolute Gasteiger partial charge is 0.186 e. The lowest BCUT2D eigenvalue weighted by Gasteiger charge is -2.20. The van der Waals surface area contributed by atoms with Crippen LogP contribution in [0.4, 0.5) is 0 Å². The summed E-state index contributed by atoms with van der Waals surface area (Å²) in [4.78, 5) is 10.7. The standard InChI is InChI=1S/C16H21NOS/c1-13(18)19-11-5-6-14-7-9-15(10-8-14)12-17-16(2,3)4/h7-10,17H,11-12H2,1-4H3. The minimum atomic E-state index is 0.109. The maximum Gasteiger partial charge on any atom is 0.186 e. The Morgan fingerprint density at radius 3 is 2.42 bits per heavy atom. The van der Waals surface area contributed by atoms with Gasteiger partial charge in [0.2, 0.25) is 0 Å². The van der Waals surface area contributed by atoms with E-state index in [0.29, 0.717) is 5.75 Å². The third-order valence-electron chi connectivity index (χ3n) is 2.36. The molecule has 0 bridgehead atoms. The lowest BCUT2D eigenvalue weighted by Crippen LogP contribution is -2.35. The zero-order valence-corrected chi connectivity index (χ0v) is 12.9. The number of rotatable bonds is 3. The van der Waals surface area contributed by atoms with Crippen molar-refractivity contribution in [2.24, 2.45) is 0 Å². The average Bonchev–Trinajstić information content (AvgIpc) is 2.32. The van der Waals surface area contributed by atoms with E-state index in [9.17, 15) is 4.79 Å². The number of hydrogen-bond acceptors (Lipinski definition) is 3. The zero-order valence-electron chi connectivity index (χ0n) is 12.0. The number of thioether (sulfide) groups is 1. The van der Waals surface area contributed by atoms with Crippen LogP contribution in [0, 0.1) is 11.8 Å². The molecule has 0 heterocycles. The van der Waals surface area contributed by atoms with Crippen molar-refractivity contribution in [3.05, 3.63) is 35.4 Å². The van der Waals surface area contributed by atoms with E-state index in [-0.39, 0.29) is 10.7 Å². The highest BCUT2D eigenvalue weighted by atomic mass is 32.2. The van der Waals surface area contributed by atoms with Gasteiger partial charge in [0.05, 0.1) is 5.75 Å². The van der Waals surface area contributed by atoms with Crippen LogP contribution < -0.4 is 5.32 Å². The predicted octanol–water partition coefficient (Wildman–Crippen LogP) is 3.21. The highest BCUT2D eigenvalue weighted by Crippen LogP contribution is 2.06. The molecule has 0 aliphatic carbocycles. The molecule has 1 aromatic rings. The van der Waals surface area contributed by atoms with Gasteiger partial charge in [-0.15, -0.1) is 0 Å². The molecule has 0 aliphatic rings. The summed E-state index contributed by atoms with van der Waals surface area (Å²) in [6, 6.07) is 8.21. The van der Waals surface area contributed by atoms with E-state index in [4.69, 9.17) is 0 Å². The molecule has 102 valence electrons. The Hall–Kier alpha value is -1.24. The maximum atomic E-state index is 10.7. The lowest BCUT2D eigenvalue weighted by atomic mass is 10.1. The minimum Gasteiger partial charge on any atom is -0.308 e. The number of carbonyl (C=O) groups excluding carboxylic acids is 1. The lowest BCUT2D eigenvalue weighted by molar-refractivity contribution is -0.109. The van der Waals surface area contributed by atoms with Gasteiger partial charge in [0.25, 0.3) is 0 Å². The van der Waals surface area contributed by atoms with E-state index in [2.05, 4.69) is 50.1 Å². The second-order valence-electron chi connectivity index (χ2n) is 5.38. The Labute approximate surface area is 120 Å². The summed E-state index contributed by atoms with van der Waals surface area (Å²) in [7, 11) is 0. The summed E-state index contributed by atoms with van der Waals surface area (Å²) in [5.41, 5.74) is 2.37. The Bertz CT molecular complexity index is 474. The molecule has 0 aromatic heterocycles. The van der Waals surface area contributed by atoms with E-state index in [0.717, 1.165) is 12.1 Å². The Kier molecular flexibility index (Phi) is 6.14. The SMILES string of the molecule is CC(=O)SCC#Cc1ccc(CNC(C)(C)C)cc1. The molecule has 0 radical (unpaired) electrons. The molecule has 0 saturated carbocycles. The van der Waals surface area contributed by atoms with Crippen molar-refractivity contribution >= 4 is 16.9 Å². The topological polar surface area (TPSA) is 29.1 Å². The number of benzene rings is 1. The fourth-order valence-corrected chi connectivity index (χ4v) is 1.70. The Balaban J connectivity index is 2.49. The normalized spacial score (nSPS) is 10.7. The molecule has 1 N–H and O–H groups in total. The summed E-state index contributed by atoms with van der Waals surface area (Å²) >= 11 is 1.24. The van der Waals surface area contributed by atoms with Crippen LogP contribution in [0.15, 0.2) is 24.3 Å². The molecule has 19 heavy (non-hydrogen) atoms. The molecule has 0 spiro atoms. The van der Waals surface area contributed by atoms with Gasteiger partial charge in [-0.2, -0.15) is 0 Å². The van der Waals surface area contributed by atoms with Crippen LogP contribution in [0.5, 0.6) is 0 Å². The van der Waals surface area contributed by atoms with Crippen LogP contribution in [0.3, 0.4) is 0 Å². The first-order valence-corrected chi connectivity index (χ1v) is 7.31. The van der Waals surface area contributed by atoms with Gasteiger partial charge in [0, 0.05) is 24.6 Å². The highest BCUT2D eigenvalue weighted by Gasteiger charge is 2.07. The average molecular weight is 275 g/mol. The van der Waals surface area contributed by atoms with E-state index in [1.54, 1.807) is 6.92 Å². The molecule has 1 aromatic carbocycles. The highest BCUT2D eigenvalue weighted by molar-refractivity contribution is 8.13. The minimum absolute atomic E-state index is 0.109. The van der Waals surface area contributed by atoms with Crippen molar-refractivity contribution < 1.29 is 4.79 Å². The van der Waals surface area contributed by atoms with Crippen LogP contribution in [0.25, 0.3) is 0 Å². The van der Waals surface area contributed by atoms with Crippen molar-refractivity contribution in [2.45, 2.75) is 39.8 Å². The third kappa shape index (κ3) is 7.71. The van der Waals surface area contributed by atoms with Crippen LogP contribution in [0.2, 0.25) is 0 Å². The quantitative estimate of drug-likeness (QED) is 0.859. The molecule has 3 heteroatoms. The van der Waals surface area contributed by atoms with Crippen LogP contribution in [-0.2, 0) is 11.3 Å². The van der Waals surface area contributed by atoms with Crippen molar-refractivity contribution in [2.75, 3.05) is 5.75 Å². The zero-order chi connectivity index (χ0) is 14.3. The molecule has 0 atom stereocenters. The third-order valence-corrected chi connectivity index (χ3v) is 3.05. The largest absolute Gasteiger partial charge is 0.308 e. The van der Waals surface area contributed by atoms with E-state index in [1.165, 1.54) is 17.3 Å². The van der Waals surface area contributed by atoms with E-state index in [1.807, 2.05) is 12.1 Å². The Morgan fingerprint density at radius 1 is 1.26 bits per heavy atom. The fraction of sp³-hybridized carbons (Fsp3) is 0.438. The van der Waals surface area contributed by atoms with Crippen molar-refractivity contribution in [1.82, 2.24) is 5.32 Å². The van der Waals surface area contributed by atoms with Crippen molar-refractivity contribution in [1.29, 1.82) is 0 Å². The van der Waals surface area contributed by atoms with Crippen molar-refractivity contribution in [3.63, 3.8) is 0 Å². The monoisotopic (exact) mass is 275 g/mol. The van der Waals surface area contributed by atoms with Gasteiger partial charge in [0.15, 0.2) is 5.12 Å². The number of carbonyl (C=O) groups is 1. The number of nitrogens with one attached hydrogen (secondary N) is 1. The molecule has 0 aliphatic heterocycles. The molecule has 1 rings (SSSR count). The van der Waals surface area contributed by atoms with Gasteiger partial charge in [-0.05, 0) is 38.5 Å². The first-order chi connectivity index (χ1) is 8.87. The molecule has 0 unspecified atom stereocenters. The van der Waals surface area contributed by atoms with Gasteiger partial charge in [-0.1, -0.05) is 35.7 Å². The molecular formula is C16H21NOS. The van der Waals surface area contributed by atoms with Gasteiger partial charge in [-0.25, -0.2) is 0 Å². The second-order valence-corrected chi connectivity index (χ2v) is 6.53. The Morgan fingerprint density at radius 2 is 1.89 bits per heavy atom. The molecule has 0 saturated heterocycles. The molecular weight excluding hydrogens is 254 g/mol. The summed E-state index contributed by atoms with van der Waals surface area (Å²) in [5, 5.41) is 3.55. The molecule has 2 nitrogen and oxygen atoms in total.